The number of carbonyl (C=O) groups excluding carboxylic acids is 1. The molecule has 0 saturated carbocycles. The summed E-state index contributed by atoms with van der Waals surface area (Å²) in [6, 6.07) is 5.45. The normalized spacial score (nSPS) is 11.6. The topological polar surface area (TPSA) is 96.9 Å². The number of hydrogen-bond acceptors (Lipinski definition) is 4. The van der Waals surface area contributed by atoms with Gasteiger partial charge in [-0.05, 0) is 18.1 Å². The number of methoxy groups -OCH3 is 1. The maximum atomic E-state index is 11.6. The first-order valence-electron chi connectivity index (χ1n) is 6.48. The molecule has 0 bridgehead atoms. The molecule has 116 valence electrons. The molecule has 1 unspecified atom stereocenters. The molecule has 1 aromatic carbocycles. The number of rotatable bonds is 7. The van der Waals surface area contributed by atoms with Crippen molar-refractivity contribution in [2.24, 2.45) is 5.92 Å². The SMILES string of the molecule is COc1ccccc1OCNC(=O)NC(C(=O)O)C(C)C. The van der Waals surface area contributed by atoms with Gasteiger partial charge in [0, 0.05) is 0 Å². The van der Waals surface area contributed by atoms with Crippen molar-refractivity contribution in [3.63, 3.8) is 0 Å². The lowest BCUT2D eigenvalue weighted by atomic mass is 10.1. The Morgan fingerprint density at radius 1 is 1.24 bits per heavy atom. The second-order valence-electron chi connectivity index (χ2n) is 4.65. The number of para-hydroxylation sites is 2. The van der Waals surface area contributed by atoms with Crippen LogP contribution >= 0.6 is 0 Å². The zero-order valence-corrected chi connectivity index (χ0v) is 12.3. The van der Waals surface area contributed by atoms with E-state index in [2.05, 4.69) is 10.6 Å². The van der Waals surface area contributed by atoms with Gasteiger partial charge in [-0.1, -0.05) is 26.0 Å². The molecular formula is C14H20N2O5. The number of carboxylic acids is 1. The summed E-state index contributed by atoms with van der Waals surface area (Å²) in [6.07, 6.45) is 0. The fourth-order valence-corrected chi connectivity index (χ4v) is 1.62. The molecule has 7 nitrogen and oxygen atoms in total. The van der Waals surface area contributed by atoms with Crippen molar-refractivity contribution in [1.82, 2.24) is 10.6 Å². The van der Waals surface area contributed by atoms with Crippen LogP contribution in [0.3, 0.4) is 0 Å². The van der Waals surface area contributed by atoms with Gasteiger partial charge in [-0.3, -0.25) is 0 Å². The van der Waals surface area contributed by atoms with E-state index in [1.807, 2.05) is 0 Å². The van der Waals surface area contributed by atoms with Gasteiger partial charge in [0.25, 0.3) is 0 Å². The average Bonchev–Trinajstić information content (AvgIpc) is 2.44. The molecule has 0 heterocycles. The molecule has 1 aromatic rings. The summed E-state index contributed by atoms with van der Waals surface area (Å²) in [6.45, 7) is 3.32. The monoisotopic (exact) mass is 296 g/mol. The van der Waals surface area contributed by atoms with E-state index in [1.165, 1.54) is 7.11 Å². The molecule has 0 aromatic heterocycles. The number of amides is 2. The van der Waals surface area contributed by atoms with Crippen LogP contribution in [0, 0.1) is 5.92 Å². The van der Waals surface area contributed by atoms with Crippen LogP contribution < -0.4 is 20.1 Å². The number of urea groups is 1. The van der Waals surface area contributed by atoms with E-state index in [4.69, 9.17) is 14.6 Å². The Kier molecular flexibility index (Phi) is 6.32. The van der Waals surface area contributed by atoms with E-state index in [-0.39, 0.29) is 12.6 Å². The van der Waals surface area contributed by atoms with E-state index >= 15 is 0 Å². The molecule has 0 aliphatic carbocycles. The largest absolute Gasteiger partial charge is 0.493 e. The van der Waals surface area contributed by atoms with E-state index < -0.39 is 18.0 Å². The second kappa shape index (κ2) is 7.98. The van der Waals surface area contributed by atoms with Crippen molar-refractivity contribution in [2.45, 2.75) is 19.9 Å². The minimum atomic E-state index is -1.08. The van der Waals surface area contributed by atoms with Crippen LogP contribution in [0.5, 0.6) is 11.5 Å². The van der Waals surface area contributed by atoms with Gasteiger partial charge in [0.2, 0.25) is 0 Å². The van der Waals surface area contributed by atoms with Crippen molar-refractivity contribution < 1.29 is 24.2 Å². The summed E-state index contributed by atoms with van der Waals surface area (Å²) in [5.74, 6) is -0.265. The summed E-state index contributed by atoms with van der Waals surface area (Å²) < 4.78 is 10.5. The van der Waals surface area contributed by atoms with Crippen molar-refractivity contribution in [2.75, 3.05) is 13.8 Å². The highest BCUT2D eigenvalue weighted by molar-refractivity contribution is 5.82. The van der Waals surface area contributed by atoms with Crippen LogP contribution in [-0.2, 0) is 4.79 Å². The number of carboxylic acid groups (broad SMARTS) is 1. The third kappa shape index (κ3) is 5.21. The first kappa shape index (κ1) is 16.6. The van der Waals surface area contributed by atoms with Crippen LogP contribution in [0.15, 0.2) is 24.3 Å². The number of benzene rings is 1. The predicted molar refractivity (Wildman–Crippen MR) is 76.4 cm³/mol. The van der Waals surface area contributed by atoms with Gasteiger partial charge in [0.05, 0.1) is 7.11 Å². The summed E-state index contributed by atoms with van der Waals surface area (Å²) in [5, 5.41) is 13.8. The van der Waals surface area contributed by atoms with E-state index in [9.17, 15) is 9.59 Å². The Balaban J connectivity index is 2.45. The Morgan fingerprint density at radius 2 is 1.86 bits per heavy atom. The molecule has 0 spiro atoms. The van der Waals surface area contributed by atoms with E-state index in [1.54, 1.807) is 38.1 Å². The van der Waals surface area contributed by atoms with Crippen LogP contribution in [0.2, 0.25) is 0 Å². The highest BCUT2D eigenvalue weighted by atomic mass is 16.5. The number of nitrogens with one attached hydrogen (secondary N) is 2. The third-order valence-electron chi connectivity index (χ3n) is 2.75. The molecule has 0 saturated heterocycles. The lowest BCUT2D eigenvalue weighted by Crippen LogP contribution is -2.49. The third-order valence-corrected chi connectivity index (χ3v) is 2.75. The van der Waals surface area contributed by atoms with Crippen LogP contribution in [0.1, 0.15) is 13.8 Å². The summed E-state index contributed by atoms with van der Waals surface area (Å²) in [7, 11) is 1.52. The van der Waals surface area contributed by atoms with Crippen LogP contribution in [-0.4, -0.2) is 37.0 Å². The molecular weight excluding hydrogens is 276 g/mol. The van der Waals surface area contributed by atoms with Gasteiger partial charge in [0.15, 0.2) is 18.2 Å². The molecule has 1 rings (SSSR count). The number of carbonyl (C=O) groups is 2. The molecule has 0 fully saturated rings. The van der Waals surface area contributed by atoms with Crippen molar-refractivity contribution >= 4 is 12.0 Å². The molecule has 7 heteroatoms. The molecule has 0 aliphatic heterocycles. The van der Waals surface area contributed by atoms with Gasteiger partial charge in [-0.2, -0.15) is 0 Å². The standard InChI is InChI=1S/C14H20N2O5/c1-9(2)12(13(17)18)16-14(19)15-8-21-11-7-5-4-6-10(11)20-3/h4-7,9,12H,8H2,1-3H3,(H,17,18)(H2,15,16,19). The smallest absolute Gasteiger partial charge is 0.326 e. The molecule has 0 radical (unpaired) electrons. The Morgan fingerprint density at radius 3 is 2.38 bits per heavy atom. The fourth-order valence-electron chi connectivity index (χ4n) is 1.62. The summed E-state index contributed by atoms with van der Waals surface area (Å²) in [4.78, 5) is 22.6. The highest BCUT2D eigenvalue weighted by Crippen LogP contribution is 2.25. The number of hydrogen-bond donors (Lipinski definition) is 3. The van der Waals surface area contributed by atoms with Crippen molar-refractivity contribution in [1.29, 1.82) is 0 Å². The van der Waals surface area contributed by atoms with Crippen molar-refractivity contribution in [3.8, 4) is 11.5 Å². The number of ether oxygens (including phenoxy) is 2. The Bertz CT molecular complexity index is 490. The average molecular weight is 296 g/mol. The lowest BCUT2D eigenvalue weighted by Gasteiger charge is -2.18. The zero-order valence-electron chi connectivity index (χ0n) is 12.3. The zero-order chi connectivity index (χ0) is 15.8. The molecule has 1 atom stereocenters. The fraction of sp³-hybridized carbons (Fsp3) is 0.429. The minimum absolute atomic E-state index is 0.101. The van der Waals surface area contributed by atoms with Gasteiger partial charge in [-0.25, -0.2) is 9.59 Å². The minimum Gasteiger partial charge on any atom is -0.493 e. The van der Waals surface area contributed by atoms with Gasteiger partial charge < -0.3 is 25.2 Å². The summed E-state index contributed by atoms with van der Waals surface area (Å²) >= 11 is 0. The van der Waals surface area contributed by atoms with Crippen LogP contribution in [0.4, 0.5) is 4.79 Å². The van der Waals surface area contributed by atoms with E-state index in [0.717, 1.165) is 0 Å². The van der Waals surface area contributed by atoms with Crippen molar-refractivity contribution in [3.05, 3.63) is 24.3 Å². The van der Waals surface area contributed by atoms with Crippen LogP contribution in [0.25, 0.3) is 0 Å². The molecule has 0 aliphatic rings. The van der Waals surface area contributed by atoms with Gasteiger partial charge >= 0.3 is 12.0 Å². The first-order chi connectivity index (χ1) is 9.95. The summed E-state index contributed by atoms with van der Waals surface area (Å²) in [5.41, 5.74) is 0. The van der Waals surface area contributed by atoms with Gasteiger partial charge in [0.1, 0.15) is 6.04 Å². The van der Waals surface area contributed by atoms with E-state index in [0.29, 0.717) is 11.5 Å². The predicted octanol–water partition coefficient (Wildman–Crippen LogP) is 1.44. The maximum absolute atomic E-state index is 11.6. The maximum Gasteiger partial charge on any atom is 0.326 e. The molecule has 3 N–H and O–H groups in total. The quantitative estimate of drug-likeness (QED) is 0.662. The Hall–Kier alpha value is -2.44. The Labute approximate surface area is 123 Å². The number of aliphatic carboxylic acids is 1. The molecule has 2 amide bonds. The second-order valence-corrected chi connectivity index (χ2v) is 4.65. The molecule has 21 heavy (non-hydrogen) atoms. The van der Waals surface area contributed by atoms with Gasteiger partial charge in [-0.15, -0.1) is 0 Å². The first-order valence-corrected chi connectivity index (χ1v) is 6.48. The lowest BCUT2D eigenvalue weighted by molar-refractivity contribution is -0.140. The highest BCUT2D eigenvalue weighted by Gasteiger charge is 2.23.